The Kier molecular flexibility index (Phi) is 7.15. The number of rotatable bonds is 8. The van der Waals surface area contributed by atoms with Crippen molar-refractivity contribution < 1.29 is 9.53 Å². The molecule has 1 aromatic heterocycles. The molecule has 1 N–H and O–H groups in total. The van der Waals surface area contributed by atoms with Gasteiger partial charge in [-0.3, -0.25) is 4.79 Å². The van der Waals surface area contributed by atoms with Crippen LogP contribution in [0.15, 0.2) is 47.6 Å². The molecule has 0 spiro atoms. The minimum absolute atomic E-state index is 0.0550. The summed E-state index contributed by atoms with van der Waals surface area (Å²) in [5, 5.41) is 12.5. The number of aromatic nitrogens is 3. The molecule has 168 valence electrons. The number of thioether (sulfide) groups is 1. The van der Waals surface area contributed by atoms with Gasteiger partial charge in [-0.05, 0) is 94.0 Å². The number of anilines is 1. The van der Waals surface area contributed by atoms with Crippen molar-refractivity contribution in [1.82, 2.24) is 14.8 Å². The molecule has 0 saturated heterocycles. The Morgan fingerprint density at radius 3 is 2.44 bits per heavy atom. The van der Waals surface area contributed by atoms with Crippen LogP contribution >= 0.6 is 11.8 Å². The highest BCUT2D eigenvalue weighted by molar-refractivity contribution is 7.99. The number of nitrogens with zero attached hydrogens (tertiary/aromatic N) is 3. The van der Waals surface area contributed by atoms with Crippen molar-refractivity contribution in [3.05, 3.63) is 53.6 Å². The fourth-order valence-electron chi connectivity index (χ4n) is 4.15. The van der Waals surface area contributed by atoms with E-state index in [4.69, 9.17) is 4.74 Å². The maximum Gasteiger partial charge on any atom is 0.234 e. The molecular formula is C25H30N4O2S. The molecular weight excluding hydrogens is 420 g/mol. The zero-order chi connectivity index (χ0) is 22.5. The minimum Gasteiger partial charge on any atom is -0.490 e. The van der Waals surface area contributed by atoms with Crippen molar-refractivity contribution in [3.63, 3.8) is 0 Å². The van der Waals surface area contributed by atoms with Crippen LogP contribution in [0.3, 0.4) is 0 Å². The van der Waals surface area contributed by atoms with Gasteiger partial charge in [0.2, 0.25) is 5.91 Å². The summed E-state index contributed by atoms with van der Waals surface area (Å²) in [5.41, 5.74) is 4.07. The van der Waals surface area contributed by atoms with Gasteiger partial charge >= 0.3 is 0 Å². The number of amides is 1. The van der Waals surface area contributed by atoms with Gasteiger partial charge in [0.05, 0.1) is 11.9 Å². The van der Waals surface area contributed by atoms with Crippen LogP contribution in [0.25, 0.3) is 11.4 Å². The lowest BCUT2D eigenvalue weighted by Gasteiger charge is -2.13. The number of ether oxygens (including phenoxy) is 1. The fourth-order valence-corrected chi connectivity index (χ4v) is 4.95. The van der Waals surface area contributed by atoms with Gasteiger partial charge < -0.3 is 14.6 Å². The quantitative estimate of drug-likeness (QED) is 0.450. The van der Waals surface area contributed by atoms with Crippen molar-refractivity contribution in [1.29, 1.82) is 0 Å². The summed E-state index contributed by atoms with van der Waals surface area (Å²) in [7, 11) is 0. The van der Waals surface area contributed by atoms with Crippen LogP contribution < -0.4 is 10.1 Å². The molecule has 1 aliphatic rings. The number of carbonyl (C=O) groups is 1. The summed E-state index contributed by atoms with van der Waals surface area (Å²) in [4.78, 5) is 12.5. The van der Waals surface area contributed by atoms with Crippen LogP contribution in [0.2, 0.25) is 0 Å². The Morgan fingerprint density at radius 2 is 1.78 bits per heavy atom. The van der Waals surface area contributed by atoms with Crippen molar-refractivity contribution in [2.75, 3.05) is 11.1 Å². The van der Waals surface area contributed by atoms with E-state index in [-0.39, 0.29) is 11.7 Å². The van der Waals surface area contributed by atoms with Gasteiger partial charge in [0.15, 0.2) is 11.0 Å². The molecule has 1 heterocycles. The van der Waals surface area contributed by atoms with E-state index in [1.807, 2.05) is 54.8 Å². The Morgan fingerprint density at radius 1 is 1.09 bits per heavy atom. The van der Waals surface area contributed by atoms with Gasteiger partial charge in [-0.2, -0.15) is 0 Å². The van der Waals surface area contributed by atoms with E-state index < -0.39 is 0 Å². The van der Waals surface area contributed by atoms with Crippen LogP contribution in [0.5, 0.6) is 5.75 Å². The largest absolute Gasteiger partial charge is 0.490 e. The number of nitrogens with one attached hydrogen (secondary N) is 1. The zero-order valence-electron chi connectivity index (χ0n) is 18.9. The summed E-state index contributed by atoms with van der Waals surface area (Å²) in [6.45, 7) is 6.83. The maximum atomic E-state index is 12.5. The summed E-state index contributed by atoms with van der Waals surface area (Å²) in [6.07, 6.45) is 5.14. The molecule has 32 heavy (non-hydrogen) atoms. The molecule has 0 bridgehead atoms. The molecule has 0 unspecified atom stereocenters. The molecule has 7 heteroatoms. The normalized spacial score (nSPS) is 14.0. The highest BCUT2D eigenvalue weighted by Crippen LogP contribution is 2.28. The van der Waals surface area contributed by atoms with E-state index in [1.54, 1.807) is 0 Å². The molecule has 1 amide bonds. The standard InChI is InChI=1S/C25H30N4O2S/c1-4-29-24(19-9-11-22(12-10-19)31-21-7-5-6-8-21)27-28-25(29)32-16-23(30)26-20-14-17(2)13-18(3)15-20/h9-15,21H,4-8,16H2,1-3H3,(H,26,30). The molecule has 3 aromatic rings. The Labute approximate surface area is 193 Å². The Bertz CT molecular complexity index is 1050. The zero-order valence-corrected chi connectivity index (χ0v) is 19.7. The van der Waals surface area contributed by atoms with Gasteiger partial charge in [0.1, 0.15) is 5.75 Å². The predicted octanol–water partition coefficient (Wildman–Crippen LogP) is 5.63. The lowest BCUT2D eigenvalue weighted by Crippen LogP contribution is -2.15. The summed E-state index contributed by atoms with van der Waals surface area (Å²) in [5.74, 6) is 1.93. The first-order valence-electron chi connectivity index (χ1n) is 11.2. The first-order valence-corrected chi connectivity index (χ1v) is 12.2. The van der Waals surface area contributed by atoms with Gasteiger partial charge in [-0.15, -0.1) is 10.2 Å². The average Bonchev–Trinajstić information content (AvgIpc) is 3.41. The van der Waals surface area contributed by atoms with Crippen LogP contribution in [-0.4, -0.2) is 32.5 Å². The van der Waals surface area contributed by atoms with Gasteiger partial charge in [0, 0.05) is 17.8 Å². The lowest BCUT2D eigenvalue weighted by molar-refractivity contribution is -0.113. The third-order valence-electron chi connectivity index (χ3n) is 5.59. The fraction of sp³-hybridized carbons (Fsp3) is 0.400. The predicted molar refractivity (Wildman–Crippen MR) is 129 cm³/mol. The second-order valence-corrected chi connectivity index (χ2v) is 9.25. The Balaban J connectivity index is 1.39. The maximum absolute atomic E-state index is 12.5. The molecule has 1 fully saturated rings. The molecule has 0 radical (unpaired) electrons. The van der Waals surface area contributed by atoms with Crippen molar-refractivity contribution in [3.8, 4) is 17.1 Å². The first-order chi connectivity index (χ1) is 15.5. The summed E-state index contributed by atoms with van der Waals surface area (Å²) in [6, 6.07) is 14.1. The van der Waals surface area contributed by atoms with E-state index in [2.05, 4.69) is 28.5 Å². The van der Waals surface area contributed by atoms with Crippen LogP contribution in [0.1, 0.15) is 43.7 Å². The minimum atomic E-state index is -0.0550. The number of benzene rings is 2. The number of hydrogen-bond acceptors (Lipinski definition) is 5. The average molecular weight is 451 g/mol. The Hall–Kier alpha value is -2.80. The third-order valence-corrected chi connectivity index (χ3v) is 6.56. The second-order valence-electron chi connectivity index (χ2n) is 8.31. The van der Waals surface area contributed by atoms with E-state index >= 15 is 0 Å². The molecule has 0 aliphatic heterocycles. The van der Waals surface area contributed by atoms with Crippen molar-refractivity contribution >= 4 is 23.4 Å². The molecule has 1 saturated carbocycles. The van der Waals surface area contributed by atoms with E-state index in [1.165, 1.54) is 24.6 Å². The third kappa shape index (κ3) is 5.51. The summed E-state index contributed by atoms with van der Waals surface area (Å²) >= 11 is 1.40. The van der Waals surface area contributed by atoms with Gasteiger partial charge in [-0.1, -0.05) is 17.8 Å². The number of aryl methyl sites for hydroxylation is 2. The number of carbonyl (C=O) groups excluding carboxylic acids is 1. The molecule has 4 rings (SSSR count). The van der Waals surface area contributed by atoms with Crippen LogP contribution in [0.4, 0.5) is 5.69 Å². The lowest BCUT2D eigenvalue weighted by atomic mass is 10.1. The highest BCUT2D eigenvalue weighted by Gasteiger charge is 2.18. The van der Waals surface area contributed by atoms with Crippen molar-refractivity contribution in [2.45, 2.75) is 64.3 Å². The SMILES string of the molecule is CCn1c(SCC(=O)Nc2cc(C)cc(C)c2)nnc1-c1ccc(OC2CCCC2)cc1. The van der Waals surface area contributed by atoms with Crippen LogP contribution in [0, 0.1) is 13.8 Å². The molecule has 6 nitrogen and oxygen atoms in total. The first kappa shape index (κ1) is 22.4. The molecule has 1 aliphatic carbocycles. The molecule has 0 atom stereocenters. The van der Waals surface area contributed by atoms with Crippen LogP contribution in [-0.2, 0) is 11.3 Å². The van der Waals surface area contributed by atoms with Gasteiger partial charge in [0.25, 0.3) is 0 Å². The monoisotopic (exact) mass is 450 g/mol. The number of hydrogen-bond donors (Lipinski definition) is 1. The molecule has 2 aromatic carbocycles. The second kappa shape index (κ2) is 10.2. The highest BCUT2D eigenvalue weighted by atomic mass is 32.2. The van der Waals surface area contributed by atoms with Crippen molar-refractivity contribution in [2.24, 2.45) is 0 Å². The van der Waals surface area contributed by atoms with E-state index in [9.17, 15) is 4.79 Å². The smallest absolute Gasteiger partial charge is 0.234 e. The summed E-state index contributed by atoms with van der Waals surface area (Å²) < 4.78 is 8.11. The topological polar surface area (TPSA) is 69.0 Å². The van der Waals surface area contributed by atoms with E-state index in [0.717, 1.165) is 58.5 Å². The van der Waals surface area contributed by atoms with Gasteiger partial charge in [-0.25, -0.2) is 0 Å². The van der Waals surface area contributed by atoms with E-state index in [0.29, 0.717) is 6.10 Å².